The highest BCUT2D eigenvalue weighted by Crippen LogP contribution is 2.32. The number of anilines is 1. The van der Waals surface area contributed by atoms with Gasteiger partial charge in [-0.1, -0.05) is 23.4 Å². The Morgan fingerprint density at radius 1 is 1.38 bits per heavy atom. The Labute approximate surface area is 148 Å². The predicted octanol–water partition coefficient (Wildman–Crippen LogP) is 4.49. The van der Waals surface area contributed by atoms with Gasteiger partial charge in [0.2, 0.25) is 0 Å². The molecule has 1 aromatic heterocycles. The van der Waals surface area contributed by atoms with Gasteiger partial charge in [-0.25, -0.2) is 0 Å². The van der Waals surface area contributed by atoms with Crippen molar-refractivity contribution in [2.45, 2.75) is 0 Å². The number of nitrogens with two attached hydrogens (primary N) is 1. The molecule has 1 amide bonds. The van der Waals surface area contributed by atoms with Crippen LogP contribution in [0.1, 0.15) is 15.9 Å². The van der Waals surface area contributed by atoms with Crippen molar-refractivity contribution in [3.63, 3.8) is 0 Å². The van der Waals surface area contributed by atoms with Crippen molar-refractivity contribution < 1.29 is 4.79 Å². The summed E-state index contributed by atoms with van der Waals surface area (Å²) in [5.74, 6) is 5.40. The highest BCUT2D eigenvalue weighted by Gasteiger charge is 2.14. The third-order valence-electron chi connectivity index (χ3n) is 2.45. The third kappa shape index (κ3) is 4.31. The largest absolute Gasteiger partial charge is 0.322 e. The van der Waals surface area contributed by atoms with E-state index in [2.05, 4.69) is 49.0 Å². The Morgan fingerprint density at radius 2 is 2.14 bits per heavy atom. The summed E-state index contributed by atoms with van der Waals surface area (Å²) < 4.78 is 1.65. The van der Waals surface area contributed by atoms with E-state index in [1.807, 2.05) is 0 Å². The first-order valence-corrected chi connectivity index (χ1v) is 8.54. The zero-order valence-electron chi connectivity index (χ0n) is 10.5. The number of carbonyl (C=O) groups excluding carboxylic acids is 1. The van der Waals surface area contributed by atoms with Gasteiger partial charge in [0, 0.05) is 11.3 Å². The van der Waals surface area contributed by atoms with E-state index in [1.165, 1.54) is 11.3 Å². The van der Waals surface area contributed by atoms with Crippen LogP contribution in [0.5, 0.6) is 0 Å². The normalized spacial score (nSPS) is 9.90. The molecule has 3 N–H and O–H groups in total. The van der Waals surface area contributed by atoms with Gasteiger partial charge in [-0.15, -0.1) is 11.3 Å². The van der Waals surface area contributed by atoms with E-state index in [4.69, 9.17) is 17.3 Å². The molecule has 0 aliphatic carbocycles. The number of thiophene rings is 1. The average Bonchev–Trinajstić information content (AvgIpc) is 2.78. The fourth-order valence-corrected chi connectivity index (χ4v) is 4.50. The maximum absolute atomic E-state index is 12.2. The Morgan fingerprint density at radius 3 is 2.76 bits per heavy atom. The van der Waals surface area contributed by atoms with Crippen LogP contribution in [-0.2, 0) is 0 Å². The van der Waals surface area contributed by atoms with E-state index in [9.17, 15) is 4.79 Å². The van der Waals surface area contributed by atoms with E-state index in [0.29, 0.717) is 21.8 Å². The van der Waals surface area contributed by atoms with Crippen molar-refractivity contribution in [3.05, 3.63) is 48.0 Å². The molecule has 0 saturated heterocycles. The van der Waals surface area contributed by atoms with Gasteiger partial charge in [-0.2, -0.15) is 0 Å². The number of benzene rings is 1. The lowest BCUT2D eigenvalue weighted by molar-refractivity contribution is 0.102. The lowest BCUT2D eigenvalue weighted by Crippen LogP contribution is -2.11. The zero-order chi connectivity index (χ0) is 15.4. The molecule has 3 nitrogen and oxygen atoms in total. The Hall–Kier alpha value is -0.840. The number of rotatable bonds is 2. The number of hydrogen-bond donors (Lipinski definition) is 2. The molecule has 2 aromatic rings. The summed E-state index contributed by atoms with van der Waals surface area (Å²) in [6, 6.07) is 6.90. The SMILES string of the molecule is NCC#Cc1cc(NC(=O)c2cc(Br)sc2Br)ccc1Cl. The Balaban J connectivity index is 2.23. The first kappa shape index (κ1) is 16.5. The molecule has 0 radical (unpaired) electrons. The minimum Gasteiger partial charge on any atom is -0.322 e. The summed E-state index contributed by atoms with van der Waals surface area (Å²) in [6.07, 6.45) is 0. The van der Waals surface area contributed by atoms with Crippen molar-refractivity contribution in [1.82, 2.24) is 0 Å². The number of carbonyl (C=O) groups is 1. The van der Waals surface area contributed by atoms with Crippen LogP contribution in [0.3, 0.4) is 0 Å². The lowest BCUT2D eigenvalue weighted by atomic mass is 10.2. The second-order valence-corrected chi connectivity index (χ2v) is 8.05. The first-order chi connectivity index (χ1) is 10.0. The fraction of sp³-hybridized carbons (Fsp3) is 0.0714. The number of halogens is 3. The maximum atomic E-state index is 12.2. The van der Waals surface area contributed by atoms with Crippen LogP contribution < -0.4 is 11.1 Å². The summed E-state index contributed by atoms with van der Waals surface area (Å²) in [5.41, 5.74) is 7.17. The molecule has 1 heterocycles. The molecule has 21 heavy (non-hydrogen) atoms. The molecule has 2 rings (SSSR count). The molecular formula is C14H9Br2ClN2OS. The van der Waals surface area contributed by atoms with Crippen molar-refractivity contribution in [1.29, 1.82) is 0 Å². The summed E-state index contributed by atoms with van der Waals surface area (Å²) in [7, 11) is 0. The molecule has 0 spiro atoms. The van der Waals surface area contributed by atoms with E-state index in [0.717, 1.165) is 7.57 Å². The Bertz CT molecular complexity index is 749. The van der Waals surface area contributed by atoms with Gasteiger partial charge in [-0.05, 0) is 56.1 Å². The van der Waals surface area contributed by atoms with E-state index in [1.54, 1.807) is 24.3 Å². The van der Waals surface area contributed by atoms with Crippen LogP contribution in [0.15, 0.2) is 31.8 Å². The summed E-state index contributed by atoms with van der Waals surface area (Å²) in [4.78, 5) is 12.2. The molecule has 108 valence electrons. The average molecular weight is 449 g/mol. The molecule has 0 atom stereocenters. The van der Waals surface area contributed by atoms with Crippen LogP contribution in [0, 0.1) is 11.8 Å². The number of nitrogens with one attached hydrogen (secondary N) is 1. The maximum Gasteiger partial charge on any atom is 0.257 e. The molecule has 7 heteroatoms. The lowest BCUT2D eigenvalue weighted by Gasteiger charge is -2.06. The van der Waals surface area contributed by atoms with Crippen molar-refractivity contribution >= 4 is 66.4 Å². The summed E-state index contributed by atoms with van der Waals surface area (Å²) in [5, 5.41) is 3.34. The highest BCUT2D eigenvalue weighted by molar-refractivity contribution is 9.12. The standard InChI is InChI=1S/C14H9Br2ClN2OS/c15-12-7-10(13(16)21-12)14(20)19-9-3-4-11(17)8(6-9)2-1-5-18/h3-4,6-7H,5,18H2,(H,19,20). The van der Waals surface area contributed by atoms with E-state index >= 15 is 0 Å². The minimum absolute atomic E-state index is 0.205. The molecule has 0 fully saturated rings. The van der Waals surface area contributed by atoms with Crippen molar-refractivity contribution in [2.24, 2.45) is 5.73 Å². The molecule has 0 unspecified atom stereocenters. The fourth-order valence-electron chi connectivity index (χ4n) is 1.54. The second-order valence-electron chi connectivity index (χ2n) is 3.89. The predicted molar refractivity (Wildman–Crippen MR) is 95.1 cm³/mol. The molecule has 0 saturated carbocycles. The van der Waals surface area contributed by atoms with Gasteiger partial charge in [0.05, 0.1) is 24.7 Å². The summed E-state index contributed by atoms with van der Waals surface area (Å²) in [6.45, 7) is 0.253. The van der Waals surface area contributed by atoms with Crippen LogP contribution >= 0.6 is 54.8 Å². The molecule has 0 aliphatic heterocycles. The van der Waals surface area contributed by atoms with Gasteiger partial charge >= 0.3 is 0 Å². The van der Waals surface area contributed by atoms with Crippen LogP contribution in [0.2, 0.25) is 5.02 Å². The quantitative estimate of drug-likeness (QED) is 0.665. The van der Waals surface area contributed by atoms with Gasteiger partial charge in [-0.3, -0.25) is 4.79 Å². The van der Waals surface area contributed by atoms with Crippen molar-refractivity contribution in [2.75, 3.05) is 11.9 Å². The van der Waals surface area contributed by atoms with Crippen LogP contribution in [-0.4, -0.2) is 12.5 Å². The van der Waals surface area contributed by atoms with E-state index in [-0.39, 0.29) is 12.5 Å². The smallest absolute Gasteiger partial charge is 0.257 e. The topological polar surface area (TPSA) is 55.1 Å². The highest BCUT2D eigenvalue weighted by atomic mass is 79.9. The van der Waals surface area contributed by atoms with Gasteiger partial charge in [0.25, 0.3) is 5.91 Å². The van der Waals surface area contributed by atoms with Gasteiger partial charge < -0.3 is 11.1 Å². The molecule has 1 aromatic carbocycles. The van der Waals surface area contributed by atoms with Gasteiger partial charge in [0.1, 0.15) is 0 Å². The first-order valence-electron chi connectivity index (χ1n) is 5.76. The molecule has 0 bridgehead atoms. The minimum atomic E-state index is -0.205. The number of hydrogen-bond acceptors (Lipinski definition) is 3. The monoisotopic (exact) mass is 446 g/mol. The van der Waals surface area contributed by atoms with Gasteiger partial charge in [0.15, 0.2) is 0 Å². The molecular weight excluding hydrogens is 439 g/mol. The zero-order valence-corrected chi connectivity index (χ0v) is 15.3. The molecule has 0 aliphatic rings. The Kier molecular flexibility index (Phi) is 5.85. The van der Waals surface area contributed by atoms with Crippen LogP contribution in [0.25, 0.3) is 0 Å². The van der Waals surface area contributed by atoms with E-state index < -0.39 is 0 Å². The van der Waals surface area contributed by atoms with Crippen LogP contribution in [0.4, 0.5) is 5.69 Å². The van der Waals surface area contributed by atoms with Crippen molar-refractivity contribution in [3.8, 4) is 11.8 Å². The second kappa shape index (κ2) is 7.43. The number of amides is 1. The third-order valence-corrected chi connectivity index (χ3v) is 5.12. The summed E-state index contributed by atoms with van der Waals surface area (Å²) >= 11 is 14.2.